The normalized spacial score (nSPS) is 12.5. The molecule has 0 radical (unpaired) electrons. The standard InChI is InChI=1S/C51H34B2N4/c1-4-19-35(20-5-1)38-25-10-12-27-40(38)52-42-29-14-16-33-46(42)57-47-34-17-15-30-43(47)53(45-32-18-31-44(52)48(45)57)41-28-13-11-26-39(41)51-55-49(36-21-6-2-7-22-36)54-50(56-51)37-23-8-3-9-24-37/h1-34H. The molecule has 0 unspecified atom stereocenters. The van der Waals surface area contributed by atoms with Crippen molar-refractivity contribution in [1.82, 2.24) is 15.0 Å². The first-order chi connectivity index (χ1) is 28.3. The average molecular weight is 724 g/mol. The van der Waals surface area contributed by atoms with E-state index < -0.39 is 0 Å². The van der Waals surface area contributed by atoms with E-state index in [1.54, 1.807) is 0 Å². The van der Waals surface area contributed by atoms with Gasteiger partial charge < -0.3 is 4.90 Å². The van der Waals surface area contributed by atoms with E-state index in [9.17, 15) is 0 Å². The molecular weight excluding hydrogens is 690 g/mol. The molecule has 0 fully saturated rings. The molecule has 0 aliphatic carbocycles. The molecule has 0 saturated carbocycles. The predicted molar refractivity (Wildman–Crippen MR) is 238 cm³/mol. The van der Waals surface area contributed by atoms with Gasteiger partial charge in [-0.1, -0.05) is 205 Å². The van der Waals surface area contributed by atoms with Crippen molar-refractivity contribution in [2.45, 2.75) is 0 Å². The maximum Gasteiger partial charge on any atom is 0.247 e. The molecule has 0 atom stereocenters. The van der Waals surface area contributed by atoms with Crippen LogP contribution in [0.2, 0.25) is 0 Å². The Bertz CT molecular complexity index is 2880. The van der Waals surface area contributed by atoms with Crippen molar-refractivity contribution >= 4 is 63.3 Å². The van der Waals surface area contributed by atoms with Crippen LogP contribution in [-0.2, 0) is 0 Å². The third-order valence-electron chi connectivity index (χ3n) is 11.5. The molecule has 2 aliphatic heterocycles. The lowest BCUT2D eigenvalue weighted by molar-refractivity contribution is 1.08. The summed E-state index contributed by atoms with van der Waals surface area (Å²) in [5, 5.41) is 0. The van der Waals surface area contributed by atoms with Gasteiger partial charge in [-0.05, 0) is 45.1 Å². The van der Waals surface area contributed by atoms with Crippen molar-refractivity contribution in [2.75, 3.05) is 4.90 Å². The van der Waals surface area contributed by atoms with Crippen LogP contribution in [0.25, 0.3) is 45.3 Å². The number of hydrogen-bond acceptors (Lipinski definition) is 4. The highest BCUT2D eigenvalue weighted by atomic mass is 15.2. The molecule has 0 amide bonds. The average Bonchev–Trinajstić information content (AvgIpc) is 3.30. The quantitative estimate of drug-likeness (QED) is 0.165. The number of para-hydroxylation sites is 3. The summed E-state index contributed by atoms with van der Waals surface area (Å²) < 4.78 is 0. The number of nitrogens with zero attached hydrogens (tertiary/aromatic N) is 4. The van der Waals surface area contributed by atoms with E-state index in [1.165, 1.54) is 55.5 Å². The molecule has 6 heteroatoms. The summed E-state index contributed by atoms with van der Waals surface area (Å²) in [7, 11) is 0. The Morgan fingerprint density at radius 1 is 0.281 bits per heavy atom. The Morgan fingerprint density at radius 3 is 1.18 bits per heavy atom. The van der Waals surface area contributed by atoms with Gasteiger partial charge in [0.05, 0.1) is 0 Å². The van der Waals surface area contributed by atoms with Crippen molar-refractivity contribution < 1.29 is 0 Å². The van der Waals surface area contributed by atoms with E-state index in [4.69, 9.17) is 15.0 Å². The molecule has 0 N–H and O–H groups in total. The zero-order valence-electron chi connectivity index (χ0n) is 31.1. The molecule has 3 heterocycles. The van der Waals surface area contributed by atoms with Crippen LogP contribution in [0.1, 0.15) is 0 Å². The van der Waals surface area contributed by atoms with Crippen LogP contribution in [0.4, 0.5) is 17.1 Å². The van der Waals surface area contributed by atoms with Crippen LogP contribution in [0.15, 0.2) is 206 Å². The van der Waals surface area contributed by atoms with Gasteiger partial charge in [-0.3, -0.25) is 0 Å². The lowest BCUT2D eigenvalue weighted by atomic mass is 9.30. The van der Waals surface area contributed by atoms with Gasteiger partial charge in [0.2, 0.25) is 13.4 Å². The maximum absolute atomic E-state index is 5.21. The van der Waals surface area contributed by atoms with Gasteiger partial charge in [0.1, 0.15) is 0 Å². The van der Waals surface area contributed by atoms with Gasteiger partial charge in [0.15, 0.2) is 17.5 Å². The molecule has 2 aliphatic rings. The van der Waals surface area contributed by atoms with Gasteiger partial charge in [-0.15, -0.1) is 0 Å². The Hall–Kier alpha value is -7.30. The fraction of sp³-hybridized carbons (Fsp3) is 0. The third-order valence-corrected chi connectivity index (χ3v) is 11.5. The second kappa shape index (κ2) is 13.8. The van der Waals surface area contributed by atoms with E-state index in [2.05, 4.69) is 175 Å². The molecular formula is C51H34B2N4. The van der Waals surface area contributed by atoms with E-state index >= 15 is 0 Å². The Balaban J connectivity index is 1.15. The zero-order chi connectivity index (χ0) is 37.7. The van der Waals surface area contributed by atoms with Crippen LogP contribution in [-0.4, -0.2) is 28.4 Å². The molecule has 0 bridgehead atoms. The minimum Gasteiger partial charge on any atom is -0.313 e. The highest BCUT2D eigenvalue weighted by Crippen LogP contribution is 2.38. The molecule has 264 valence electrons. The molecule has 1 aromatic heterocycles. The summed E-state index contributed by atoms with van der Waals surface area (Å²) in [6.45, 7) is -0.0636. The second-order valence-electron chi connectivity index (χ2n) is 14.7. The minimum atomic E-state index is -0.0870. The van der Waals surface area contributed by atoms with Crippen LogP contribution in [0, 0.1) is 0 Å². The van der Waals surface area contributed by atoms with Crippen molar-refractivity contribution in [1.29, 1.82) is 0 Å². The van der Waals surface area contributed by atoms with Crippen LogP contribution in [0.3, 0.4) is 0 Å². The third kappa shape index (κ3) is 5.52. The van der Waals surface area contributed by atoms with Gasteiger partial charge in [0.25, 0.3) is 0 Å². The summed E-state index contributed by atoms with van der Waals surface area (Å²) in [6.07, 6.45) is 0. The van der Waals surface area contributed by atoms with Crippen molar-refractivity contribution in [3.8, 4) is 45.3 Å². The summed E-state index contributed by atoms with van der Waals surface area (Å²) in [6, 6.07) is 73.6. The van der Waals surface area contributed by atoms with Crippen LogP contribution < -0.4 is 37.7 Å². The van der Waals surface area contributed by atoms with Crippen molar-refractivity contribution in [2.24, 2.45) is 0 Å². The van der Waals surface area contributed by atoms with E-state index in [1.807, 2.05) is 36.4 Å². The SMILES string of the molecule is c1ccc(-c2nc(-c3ccccc3)nc(-c3ccccc3B3c4ccccc4N4c5ccccc5B(c5ccccc5-c5ccccc5)c5cccc3c54)n2)cc1. The first-order valence-electron chi connectivity index (χ1n) is 19.5. The first kappa shape index (κ1) is 33.1. The van der Waals surface area contributed by atoms with Gasteiger partial charge in [0, 0.05) is 33.8 Å². The van der Waals surface area contributed by atoms with Crippen molar-refractivity contribution in [3.63, 3.8) is 0 Å². The predicted octanol–water partition coefficient (Wildman–Crippen LogP) is 7.67. The molecule has 0 saturated heterocycles. The molecule has 0 spiro atoms. The van der Waals surface area contributed by atoms with E-state index in [0.29, 0.717) is 17.5 Å². The summed E-state index contributed by atoms with van der Waals surface area (Å²) in [5.41, 5.74) is 16.5. The molecule has 11 rings (SSSR count). The smallest absolute Gasteiger partial charge is 0.247 e. The van der Waals surface area contributed by atoms with E-state index in [-0.39, 0.29) is 13.4 Å². The molecule has 4 nitrogen and oxygen atoms in total. The lowest BCUT2D eigenvalue weighted by Gasteiger charge is -2.44. The summed E-state index contributed by atoms with van der Waals surface area (Å²) in [4.78, 5) is 18.0. The minimum absolute atomic E-state index is 0.0235. The molecule has 9 aromatic rings. The fourth-order valence-electron chi connectivity index (χ4n) is 9.06. The van der Waals surface area contributed by atoms with Crippen molar-refractivity contribution in [3.05, 3.63) is 206 Å². The second-order valence-corrected chi connectivity index (χ2v) is 14.7. The van der Waals surface area contributed by atoms with Crippen LogP contribution in [0.5, 0.6) is 0 Å². The van der Waals surface area contributed by atoms with Gasteiger partial charge >= 0.3 is 0 Å². The van der Waals surface area contributed by atoms with Gasteiger partial charge in [-0.25, -0.2) is 15.0 Å². The Kier molecular flexibility index (Phi) is 7.99. The molecule has 8 aromatic carbocycles. The topological polar surface area (TPSA) is 41.9 Å². The largest absolute Gasteiger partial charge is 0.313 e. The zero-order valence-corrected chi connectivity index (χ0v) is 31.1. The summed E-state index contributed by atoms with van der Waals surface area (Å²) in [5.74, 6) is 1.96. The number of rotatable bonds is 6. The fourth-order valence-corrected chi connectivity index (χ4v) is 9.06. The van der Waals surface area contributed by atoms with E-state index in [0.717, 1.165) is 22.2 Å². The Morgan fingerprint density at radius 2 is 0.649 bits per heavy atom. The number of benzene rings is 8. The van der Waals surface area contributed by atoms with Gasteiger partial charge in [-0.2, -0.15) is 0 Å². The number of aromatic nitrogens is 3. The summed E-state index contributed by atoms with van der Waals surface area (Å²) >= 11 is 0. The highest BCUT2D eigenvalue weighted by molar-refractivity contribution is 7.02. The highest BCUT2D eigenvalue weighted by Gasteiger charge is 2.44. The maximum atomic E-state index is 5.21. The number of hydrogen-bond donors (Lipinski definition) is 0. The number of fused-ring (bicyclic) bond motifs is 4. The lowest BCUT2D eigenvalue weighted by Crippen LogP contribution is -2.65. The monoisotopic (exact) mass is 724 g/mol. The number of anilines is 3. The molecule has 57 heavy (non-hydrogen) atoms. The van der Waals surface area contributed by atoms with Crippen LogP contribution >= 0.6 is 0 Å². The first-order valence-corrected chi connectivity index (χ1v) is 19.5. The Labute approximate surface area is 333 Å².